The minimum atomic E-state index is -0.222. The maximum atomic E-state index is 13.2. The van der Waals surface area contributed by atoms with E-state index >= 15 is 0 Å². The number of rotatable bonds is 4. The van der Waals surface area contributed by atoms with Gasteiger partial charge in [0.05, 0.1) is 5.75 Å². The summed E-state index contributed by atoms with van der Waals surface area (Å²) in [6.07, 6.45) is 4.91. The third kappa shape index (κ3) is 3.73. The van der Waals surface area contributed by atoms with Crippen molar-refractivity contribution in [3.63, 3.8) is 0 Å². The molecule has 2 N–H and O–H groups in total. The van der Waals surface area contributed by atoms with Crippen LogP contribution in [-0.4, -0.2) is 9.97 Å². The highest BCUT2D eigenvalue weighted by molar-refractivity contribution is 7.98. The molecule has 1 heterocycles. The molecule has 0 amide bonds. The third-order valence-corrected chi connectivity index (χ3v) is 4.74. The van der Waals surface area contributed by atoms with E-state index in [1.807, 2.05) is 12.1 Å². The minimum Gasteiger partial charge on any atom is -0.384 e. The van der Waals surface area contributed by atoms with Gasteiger partial charge in [-0.05, 0) is 31.0 Å². The summed E-state index contributed by atoms with van der Waals surface area (Å²) in [4.78, 5) is 9.82. The number of hydrogen-bond acceptors (Lipinski definition) is 4. The van der Waals surface area contributed by atoms with Crippen molar-refractivity contribution in [2.45, 2.75) is 42.2 Å². The monoisotopic (exact) mass is 303 g/mol. The van der Waals surface area contributed by atoms with Crippen molar-refractivity contribution in [2.75, 3.05) is 5.73 Å². The second-order valence-electron chi connectivity index (χ2n) is 5.36. The Balaban J connectivity index is 1.72. The van der Waals surface area contributed by atoms with Crippen LogP contribution in [0, 0.1) is 5.82 Å². The highest BCUT2D eigenvalue weighted by Crippen LogP contribution is 2.33. The van der Waals surface area contributed by atoms with Gasteiger partial charge in [-0.3, -0.25) is 0 Å². The largest absolute Gasteiger partial charge is 0.384 e. The number of nitrogens with two attached hydrogens (primary N) is 1. The van der Waals surface area contributed by atoms with Crippen molar-refractivity contribution in [1.29, 1.82) is 0 Å². The molecule has 2 aromatic rings. The first-order valence-electron chi connectivity index (χ1n) is 7.22. The van der Waals surface area contributed by atoms with Crippen LogP contribution in [0.15, 0.2) is 35.2 Å². The van der Waals surface area contributed by atoms with Crippen molar-refractivity contribution in [1.82, 2.24) is 9.97 Å². The van der Waals surface area contributed by atoms with Gasteiger partial charge in [0.25, 0.3) is 0 Å². The standard InChI is InChI=1S/C16H18FN3S/c17-12-6-3-7-13(8-12)21-10-16-19-14(9-15(18)20-16)11-4-1-2-5-11/h3,6-9,11H,1-2,4-5,10H2,(H2,18,19,20). The molecule has 21 heavy (non-hydrogen) atoms. The van der Waals surface area contributed by atoms with Crippen molar-refractivity contribution < 1.29 is 4.39 Å². The number of halogens is 1. The maximum absolute atomic E-state index is 13.2. The number of nitrogen functional groups attached to an aromatic ring is 1. The average molecular weight is 303 g/mol. The molecule has 1 aromatic carbocycles. The molecule has 0 spiro atoms. The lowest BCUT2D eigenvalue weighted by Crippen LogP contribution is -2.05. The van der Waals surface area contributed by atoms with E-state index < -0.39 is 0 Å². The smallest absolute Gasteiger partial charge is 0.141 e. The average Bonchev–Trinajstić information content (AvgIpc) is 2.99. The molecule has 0 saturated heterocycles. The number of anilines is 1. The topological polar surface area (TPSA) is 51.8 Å². The summed E-state index contributed by atoms with van der Waals surface area (Å²) in [5.74, 6) is 2.16. The van der Waals surface area contributed by atoms with Crippen molar-refractivity contribution in [3.05, 3.63) is 47.7 Å². The lowest BCUT2D eigenvalue weighted by atomic mass is 10.0. The number of benzene rings is 1. The lowest BCUT2D eigenvalue weighted by Gasteiger charge is -2.11. The Morgan fingerprint density at radius 3 is 2.76 bits per heavy atom. The first kappa shape index (κ1) is 14.3. The van der Waals surface area contributed by atoms with Crippen LogP contribution in [0.1, 0.15) is 43.1 Å². The Kier molecular flexibility index (Phi) is 4.39. The highest BCUT2D eigenvalue weighted by atomic mass is 32.2. The van der Waals surface area contributed by atoms with Gasteiger partial charge in [-0.25, -0.2) is 14.4 Å². The fourth-order valence-electron chi connectivity index (χ4n) is 2.74. The van der Waals surface area contributed by atoms with Gasteiger partial charge >= 0.3 is 0 Å². The maximum Gasteiger partial charge on any atom is 0.141 e. The summed E-state index contributed by atoms with van der Waals surface area (Å²) in [6, 6.07) is 8.46. The van der Waals surface area contributed by atoms with Crippen molar-refractivity contribution in [3.8, 4) is 0 Å². The summed E-state index contributed by atoms with van der Waals surface area (Å²) >= 11 is 1.53. The molecule has 0 unspecified atom stereocenters. The Labute approximate surface area is 128 Å². The van der Waals surface area contributed by atoms with Crippen LogP contribution in [0.5, 0.6) is 0 Å². The zero-order valence-electron chi connectivity index (χ0n) is 11.8. The van der Waals surface area contributed by atoms with Crippen LogP contribution in [0.3, 0.4) is 0 Å². The molecule has 0 aliphatic heterocycles. The molecule has 5 heteroatoms. The zero-order valence-corrected chi connectivity index (χ0v) is 12.6. The van der Waals surface area contributed by atoms with Crippen molar-refractivity contribution >= 4 is 17.6 Å². The fraction of sp³-hybridized carbons (Fsp3) is 0.375. The zero-order chi connectivity index (χ0) is 14.7. The minimum absolute atomic E-state index is 0.222. The lowest BCUT2D eigenvalue weighted by molar-refractivity contribution is 0.624. The summed E-state index contributed by atoms with van der Waals surface area (Å²) in [6.45, 7) is 0. The normalized spacial score (nSPS) is 15.5. The molecular weight excluding hydrogens is 285 g/mol. The predicted molar refractivity (Wildman–Crippen MR) is 83.6 cm³/mol. The Hall–Kier alpha value is -1.62. The molecule has 1 aliphatic rings. The molecular formula is C16H18FN3S. The SMILES string of the molecule is Nc1cc(C2CCCC2)nc(CSc2cccc(F)c2)n1. The van der Waals surface area contributed by atoms with Crippen LogP contribution in [-0.2, 0) is 5.75 Å². The quantitative estimate of drug-likeness (QED) is 0.862. The van der Waals surface area contributed by atoms with Gasteiger partial charge in [-0.2, -0.15) is 0 Å². The van der Waals surface area contributed by atoms with E-state index in [2.05, 4.69) is 9.97 Å². The van der Waals surface area contributed by atoms with Gasteiger partial charge in [-0.1, -0.05) is 18.9 Å². The third-order valence-electron chi connectivity index (χ3n) is 3.75. The molecule has 3 rings (SSSR count). The second kappa shape index (κ2) is 6.43. The van der Waals surface area contributed by atoms with E-state index in [0.29, 0.717) is 17.5 Å². The van der Waals surface area contributed by atoms with E-state index in [1.165, 1.54) is 49.6 Å². The molecule has 1 saturated carbocycles. The van der Waals surface area contributed by atoms with Gasteiger partial charge in [0, 0.05) is 22.6 Å². The fourth-order valence-corrected chi connectivity index (χ4v) is 3.53. The molecule has 1 fully saturated rings. The van der Waals surface area contributed by atoms with Gasteiger partial charge in [0.1, 0.15) is 17.5 Å². The van der Waals surface area contributed by atoms with Crippen LogP contribution in [0.2, 0.25) is 0 Å². The summed E-state index contributed by atoms with van der Waals surface area (Å²) < 4.78 is 13.2. The molecule has 1 aromatic heterocycles. The first-order chi connectivity index (χ1) is 10.2. The van der Waals surface area contributed by atoms with Crippen LogP contribution in [0.25, 0.3) is 0 Å². The highest BCUT2D eigenvalue weighted by Gasteiger charge is 2.19. The number of thioether (sulfide) groups is 1. The van der Waals surface area contributed by atoms with Gasteiger partial charge in [0.2, 0.25) is 0 Å². The summed E-state index contributed by atoms with van der Waals surface area (Å²) in [5, 5.41) is 0. The van der Waals surface area contributed by atoms with E-state index in [1.54, 1.807) is 6.07 Å². The Morgan fingerprint density at radius 1 is 1.19 bits per heavy atom. The van der Waals surface area contributed by atoms with E-state index in [9.17, 15) is 4.39 Å². The number of nitrogens with zero attached hydrogens (tertiary/aromatic N) is 2. The molecule has 0 bridgehead atoms. The molecule has 3 nitrogen and oxygen atoms in total. The Bertz CT molecular complexity index is 627. The van der Waals surface area contributed by atoms with Crippen LogP contribution in [0.4, 0.5) is 10.2 Å². The first-order valence-corrected chi connectivity index (χ1v) is 8.21. The van der Waals surface area contributed by atoms with Gasteiger partial charge < -0.3 is 5.73 Å². The van der Waals surface area contributed by atoms with Crippen molar-refractivity contribution in [2.24, 2.45) is 0 Å². The molecule has 0 radical (unpaired) electrons. The predicted octanol–water partition coefficient (Wildman–Crippen LogP) is 4.15. The van der Waals surface area contributed by atoms with Gasteiger partial charge in [-0.15, -0.1) is 11.8 Å². The number of aromatic nitrogens is 2. The Morgan fingerprint density at radius 2 is 2.00 bits per heavy atom. The van der Waals surface area contributed by atoms with E-state index in [4.69, 9.17) is 5.73 Å². The van der Waals surface area contributed by atoms with E-state index in [0.717, 1.165) is 16.4 Å². The molecule has 0 atom stereocenters. The number of hydrogen-bond donors (Lipinski definition) is 1. The van der Waals surface area contributed by atoms with Gasteiger partial charge in [0.15, 0.2) is 0 Å². The van der Waals surface area contributed by atoms with Crippen LogP contribution >= 0.6 is 11.8 Å². The summed E-state index contributed by atoms with van der Waals surface area (Å²) in [7, 11) is 0. The van der Waals surface area contributed by atoms with E-state index in [-0.39, 0.29) is 5.82 Å². The molecule has 110 valence electrons. The second-order valence-corrected chi connectivity index (χ2v) is 6.41. The molecule has 1 aliphatic carbocycles. The summed E-state index contributed by atoms with van der Waals surface area (Å²) in [5.41, 5.74) is 6.96. The van der Waals surface area contributed by atoms with Crippen LogP contribution < -0.4 is 5.73 Å².